The van der Waals surface area contributed by atoms with Crippen molar-refractivity contribution in [3.63, 3.8) is 0 Å². The predicted octanol–water partition coefficient (Wildman–Crippen LogP) is 2.67. The van der Waals surface area contributed by atoms with Crippen LogP contribution in [0.15, 0.2) is 16.7 Å². The van der Waals surface area contributed by atoms with Crippen LogP contribution in [-0.2, 0) is 0 Å². The Morgan fingerprint density at radius 1 is 1.57 bits per heavy atom. The molecule has 2 heterocycles. The lowest BCUT2D eigenvalue weighted by Gasteiger charge is -1.93. The fourth-order valence-electron chi connectivity index (χ4n) is 1.19. The molecule has 4 nitrogen and oxygen atoms in total. The minimum absolute atomic E-state index is 0.163. The standard InChI is InChI=1S/C9H10ClN3O/c1-5(10)8-11-9(13-12-8)7-3-4-14-6(7)2/h3-5H,1-2H3,(H,11,12,13). The van der Waals surface area contributed by atoms with Crippen molar-refractivity contribution in [3.05, 3.63) is 23.9 Å². The van der Waals surface area contributed by atoms with Crippen LogP contribution in [0.5, 0.6) is 0 Å². The first-order chi connectivity index (χ1) is 6.68. The molecular formula is C9H10ClN3O. The molecule has 0 aliphatic rings. The second-order valence-corrected chi connectivity index (χ2v) is 3.71. The Morgan fingerprint density at radius 2 is 2.36 bits per heavy atom. The number of H-pyrrole nitrogens is 1. The van der Waals surface area contributed by atoms with Crippen molar-refractivity contribution in [2.24, 2.45) is 0 Å². The van der Waals surface area contributed by atoms with Crippen LogP contribution in [-0.4, -0.2) is 15.2 Å². The highest BCUT2D eigenvalue weighted by Crippen LogP contribution is 2.22. The number of alkyl halides is 1. The molecule has 2 aromatic heterocycles. The van der Waals surface area contributed by atoms with E-state index in [4.69, 9.17) is 16.0 Å². The van der Waals surface area contributed by atoms with Gasteiger partial charge in [0.15, 0.2) is 5.82 Å². The highest BCUT2D eigenvalue weighted by atomic mass is 35.5. The van der Waals surface area contributed by atoms with Crippen LogP contribution in [0.4, 0.5) is 0 Å². The average Bonchev–Trinajstić information content (AvgIpc) is 2.71. The van der Waals surface area contributed by atoms with E-state index >= 15 is 0 Å². The molecule has 0 bridgehead atoms. The van der Waals surface area contributed by atoms with Gasteiger partial charge in [0.05, 0.1) is 17.2 Å². The average molecular weight is 212 g/mol. The number of nitrogens with one attached hydrogen (secondary N) is 1. The van der Waals surface area contributed by atoms with Crippen LogP contribution < -0.4 is 0 Å². The second-order valence-electron chi connectivity index (χ2n) is 3.05. The van der Waals surface area contributed by atoms with Gasteiger partial charge in [0.25, 0.3) is 0 Å². The first-order valence-electron chi connectivity index (χ1n) is 4.29. The van der Waals surface area contributed by atoms with Crippen LogP contribution in [0.2, 0.25) is 0 Å². The molecule has 74 valence electrons. The van der Waals surface area contributed by atoms with Gasteiger partial charge < -0.3 is 4.42 Å². The summed E-state index contributed by atoms with van der Waals surface area (Å²) in [6, 6.07) is 1.83. The van der Waals surface area contributed by atoms with Gasteiger partial charge in [-0.3, -0.25) is 5.10 Å². The molecule has 1 unspecified atom stereocenters. The molecule has 2 rings (SSSR count). The lowest BCUT2D eigenvalue weighted by atomic mass is 10.2. The van der Waals surface area contributed by atoms with Crippen molar-refractivity contribution in [1.82, 2.24) is 15.2 Å². The maximum Gasteiger partial charge on any atom is 0.184 e. The van der Waals surface area contributed by atoms with Crippen LogP contribution in [0.25, 0.3) is 11.4 Å². The monoisotopic (exact) mass is 211 g/mol. The van der Waals surface area contributed by atoms with Crippen LogP contribution >= 0.6 is 11.6 Å². The number of hydrogen-bond donors (Lipinski definition) is 1. The normalized spacial score (nSPS) is 13.1. The fourth-order valence-corrected chi connectivity index (χ4v) is 1.29. The van der Waals surface area contributed by atoms with Crippen molar-refractivity contribution in [2.75, 3.05) is 0 Å². The number of halogens is 1. The SMILES string of the molecule is Cc1occc1-c1n[nH]c(C(C)Cl)n1. The summed E-state index contributed by atoms with van der Waals surface area (Å²) in [5, 5.41) is 6.68. The molecule has 0 aliphatic carbocycles. The zero-order valence-electron chi connectivity index (χ0n) is 7.91. The summed E-state index contributed by atoms with van der Waals surface area (Å²) < 4.78 is 5.16. The Balaban J connectivity index is 2.39. The lowest BCUT2D eigenvalue weighted by Crippen LogP contribution is -1.86. The minimum Gasteiger partial charge on any atom is -0.469 e. The third-order valence-corrected chi connectivity index (χ3v) is 2.19. The zero-order chi connectivity index (χ0) is 10.1. The molecule has 0 saturated carbocycles. The summed E-state index contributed by atoms with van der Waals surface area (Å²) in [4.78, 5) is 4.25. The van der Waals surface area contributed by atoms with Crippen molar-refractivity contribution < 1.29 is 4.42 Å². The third kappa shape index (κ3) is 1.53. The van der Waals surface area contributed by atoms with E-state index in [0.29, 0.717) is 11.6 Å². The molecular weight excluding hydrogens is 202 g/mol. The van der Waals surface area contributed by atoms with Crippen LogP contribution in [0, 0.1) is 6.92 Å². The molecule has 0 aromatic carbocycles. The van der Waals surface area contributed by atoms with E-state index in [1.54, 1.807) is 6.26 Å². The van der Waals surface area contributed by atoms with Gasteiger partial charge in [-0.1, -0.05) is 0 Å². The molecule has 2 aromatic rings. The summed E-state index contributed by atoms with van der Waals surface area (Å²) in [6.45, 7) is 3.71. The highest BCUT2D eigenvalue weighted by Gasteiger charge is 2.12. The fraction of sp³-hybridized carbons (Fsp3) is 0.333. The summed E-state index contributed by atoms with van der Waals surface area (Å²) in [5.41, 5.74) is 0.893. The molecule has 0 fully saturated rings. The lowest BCUT2D eigenvalue weighted by molar-refractivity contribution is 0.535. The van der Waals surface area contributed by atoms with E-state index in [-0.39, 0.29) is 5.38 Å². The number of hydrogen-bond acceptors (Lipinski definition) is 3. The Kier molecular flexibility index (Phi) is 2.29. The molecule has 1 N–H and O–H groups in total. The minimum atomic E-state index is -0.163. The summed E-state index contributed by atoms with van der Waals surface area (Å²) in [7, 11) is 0. The quantitative estimate of drug-likeness (QED) is 0.777. The van der Waals surface area contributed by atoms with Gasteiger partial charge in [-0.05, 0) is 19.9 Å². The van der Waals surface area contributed by atoms with Gasteiger partial charge in [-0.25, -0.2) is 4.98 Å². The predicted molar refractivity (Wildman–Crippen MR) is 53.1 cm³/mol. The zero-order valence-corrected chi connectivity index (χ0v) is 8.67. The van der Waals surface area contributed by atoms with E-state index in [2.05, 4.69) is 15.2 Å². The molecule has 0 radical (unpaired) electrons. The molecule has 0 spiro atoms. The van der Waals surface area contributed by atoms with E-state index < -0.39 is 0 Å². The Bertz CT molecular complexity index is 433. The Labute approximate surface area is 86.3 Å². The smallest absolute Gasteiger partial charge is 0.184 e. The first kappa shape index (κ1) is 9.27. The van der Waals surface area contributed by atoms with Crippen molar-refractivity contribution in [3.8, 4) is 11.4 Å². The van der Waals surface area contributed by atoms with Gasteiger partial charge >= 0.3 is 0 Å². The number of furan rings is 1. The maximum absolute atomic E-state index is 5.86. The van der Waals surface area contributed by atoms with Crippen LogP contribution in [0.3, 0.4) is 0 Å². The molecule has 0 aliphatic heterocycles. The largest absolute Gasteiger partial charge is 0.469 e. The number of rotatable bonds is 2. The van der Waals surface area contributed by atoms with Gasteiger partial charge in [-0.15, -0.1) is 11.6 Å². The first-order valence-corrected chi connectivity index (χ1v) is 4.73. The molecule has 14 heavy (non-hydrogen) atoms. The number of aromatic amines is 1. The van der Waals surface area contributed by atoms with Gasteiger partial charge in [0.2, 0.25) is 0 Å². The molecule has 1 atom stereocenters. The van der Waals surface area contributed by atoms with E-state index in [1.165, 1.54) is 0 Å². The van der Waals surface area contributed by atoms with Crippen molar-refractivity contribution in [1.29, 1.82) is 0 Å². The van der Waals surface area contributed by atoms with Gasteiger partial charge in [0.1, 0.15) is 11.6 Å². The maximum atomic E-state index is 5.86. The van der Waals surface area contributed by atoms with Gasteiger partial charge in [-0.2, -0.15) is 5.10 Å². The second kappa shape index (κ2) is 3.46. The summed E-state index contributed by atoms with van der Waals surface area (Å²) in [6.07, 6.45) is 1.62. The van der Waals surface area contributed by atoms with E-state index in [1.807, 2.05) is 19.9 Å². The topological polar surface area (TPSA) is 54.7 Å². The highest BCUT2D eigenvalue weighted by molar-refractivity contribution is 6.20. The molecule has 5 heteroatoms. The molecule has 0 amide bonds. The van der Waals surface area contributed by atoms with Gasteiger partial charge in [0, 0.05) is 0 Å². The van der Waals surface area contributed by atoms with E-state index in [9.17, 15) is 0 Å². The number of aryl methyl sites for hydroxylation is 1. The van der Waals surface area contributed by atoms with Crippen molar-refractivity contribution in [2.45, 2.75) is 19.2 Å². The van der Waals surface area contributed by atoms with Crippen LogP contribution in [0.1, 0.15) is 23.9 Å². The Morgan fingerprint density at radius 3 is 2.86 bits per heavy atom. The summed E-state index contributed by atoms with van der Waals surface area (Å²) in [5.74, 6) is 2.10. The number of aromatic nitrogens is 3. The third-order valence-electron chi connectivity index (χ3n) is 1.98. The van der Waals surface area contributed by atoms with Crippen molar-refractivity contribution >= 4 is 11.6 Å². The van der Waals surface area contributed by atoms with E-state index in [0.717, 1.165) is 11.3 Å². The Hall–Kier alpha value is -1.29. The number of nitrogens with zero attached hydrogens (tertiary/aromatic N) is 2. The summed E-state index contributed by atoms with van der Waals surface area (Å²) >= 11 is 5.86. The molecule has 0 saturated heterocycles.